The Labute approximate surface area is 176 Å². The van der Waals surface area contributed by atoms with E-state index in [0.29, 0.717) is 24.7 Å². The summed E-state index contributed by atoms with van der Waals surface area (Å²) in [5.74, 6) is 1.12. The molecule has 1 saturated carbocycles. The molecule has 0 radical (unpaired) electrons. The molecule has 1 aromatic heterocycles. The summed E-state index contributed by atoms with van der Waals surface area (Å²) in [6.45, 7) is 3.19. The number of nitrogens with zero attached hydrogens (tertiary/aromatic N) is 3. The Balaban J connectivity index is 1.74. The van der Waals surface area contributed by atoms with Gasteiger partial charge in [-0.05, 0) is 43.5 Å². The maximum Gasteiger partial charge on any atom is 0.225 e. The van der Waals surface area contributed by atoms with Crippen LogP contribution in [0.1, 0.15) is 31.7 Å². The fraction of sp³-hybridized carbons (Fsp3) is 0.333. The van der Waals surface area contributed by atoms with E-state index in [0.717, 1.165) is 36.1 Å². The molecule has 1 aliphatic carbocycles. The Hall–Kier alpha value is -3.15. The minimum absolute atomic E-state index is 0.148. The van der Waals surface area contributed by atoms with Gasteiger partial charge in [-0.15, -0.1) is 0 Å². The average Bonchev–Trinajstić information content (AvgIpc) is 3.56. The van der Waals surface area contributed by atoms with Crippen molar-refractivity contribution >= 4 is 5.91 Å². The highest BCUT2D eigenvalue weighted by Crippen LogP contribution is 2.36. The van der Waals surface area contributed by atoms with Crippen LogP contribution in [0.3, 0.4) is 0 Å². The van der Waals surface area contributed by atoms with Gasteiger partial charge in [0.2, 0.25) is 11.8 Å². The molecule has 1 fully saturated rings. The number of carbonyl (C=O) groups is 1. The summed E-state index contributed by atoms with van der Waals surface area (Å²) >= 11 is 0. The first-order chi connectivity index (χ1) is 14.6. The van der Waals surface area contributed by atoms with Crippen molar-refractivity contribution in [2.24, 2.45) is 13.0 Å². The van der Waals surface area contributed by atoms with Crippen LogP contribution in [0, 0.1) is 11.7 Å². The minimum Gasteiger partial charge on any atom is -0.439 e. The fourth-order valence-electron chi connectivity index (χ4n) is 3.58. The van der Waals surface area contributed by atoms with E-state index in [1.807, 2.05) is 42.3 Å². The molecule has 0 N–H and O–H groups in total. The molecular weight excluding hydrogens is 381 g/mol. The summed E-state index contributed by atoms with van der Waals surface area (Å²) in [4.78, 5) is 14.8. The first-order valence-electron chi connectivity index (χ1n) is 10.4. The SMILES string of the molecule is CCCN(Cc1c(-c2ccccc2)nn(C)c1Oc1ccc(F)cc1)C(=O)C1CC1. The summed E-state index contributed by atoms with van der Waals surface area (Å²) in [5, 5.41) is 4.71. The second-order valence-corrected chi connectivity index (χ2v) is 7.71. The Kier molecular flexibility index (Phi) is 5.84. The van der Waals surface area contributed by atoms with E-state index in [1.54, 1.807) is 16.8 Å². The Morgan fingerprint density at radius 1 is 1.17 bits per heavy atom. The maximum atomic E-state index is 13.3. The Bertz CT molecular complexity index is 1010. The van der Waals surface area contributed by atoms with E-state index in [1.165, 1.54) is 12.1 Å². The average molecular weight is 407 g/mol. The van der Waals surface area contributed by atoms with Gasteiger partial charge >= 0.3 is 0 Å². The molecule has 156 valence electrons. The van der Waals surface area contributed by atoms with Crippen molar-refractivity contribution in [1.29, 1.82) is 0 Å². The van der Waals surface area contributed by atoms with Crippen molar-refractivity contribution in [3.05, 3.63) is 66.0 Å². The largest absolute Gasteiger partial charge is 0.439 e. The van der Waals surface area contributed by atoms with Gasteiger partial charge in [0.1, 0.15) is 17.3 Å². The number of halogens is 1. The first-order valence-corrected chi connectivity index (χ1v) is 10.4. The van der Waals surface area contributed by atoms with Gasteiger partial charge in [-0.25, -0.2) is 9.07 Å². The predicted octanol–water partition coefficient (Wildman–Crippen LogP) is 5.17. The van der Waals surface area contributed by atoms with E-state index in [9.17, 15) is 9.18 Å². The molecule has 0 spiro atoms. The summed E-state index contributed by atoms with van der Waals surface area (Å²) in [6, 6.07) is 15.8. The highest BCUT2D eigenvalue weighted by Gasteiger charge is 2.34. The standard InChI is InChI=1S/C24H26FN3O2/c1-3-15-28(23(29)18-9-10-18)16-21-22(17-7-5-4-6-8-17)26-27(2)24(21)30-20-13-11-19(25)12-14-20/h4-8,11-14,18H,3,9-10,15-16H2,1-2H3. The molecule has 30 heavy (non-hydrogen) atoms. The minimum atomic E-state index is -0.318. The van der Waals surface area contributed by atoms with Crippen LogP contribution in [0.5, 0.6) is 11.6 Å². The van der Waals surface area contributed by atoms with Crippen LogP contribution in [0.4, 0.5) is 4.39 Å². The Morgan fingerprint density at radius 3 is 2.50 bits per heavy atom. The molecule has 0 atom stereocenters. The van der Waals surface area contributed by atoms with Gasteiger partial charge in [-0.2, -0.15) is 5.10 Å². The third-order valence-corrected chi connectivity index (χ3v) is 5.24. The molecule has 0 unspecified atom stereocenters. The first kappa shape index (κ1) is 20.1. The molecule has 0 bridgehead atoms. The topological polar surface area (TPSA) is 47.4 Å². The zero-order valence-electron chi connectivity index (χ0n) is 17.3. The number of aryl methyl sites for hydroxylation is 1. The van der Waals surface area contributed by atoms with Gasteiger partial charge < -0.3 is 9.64 Å². The third kappa shape index (κ3) is 4.37. The van der Waals surface area contributed by atoms with Crippen LogP contribution in [0.15, 0.2) is 54.6 Å². The molecule has 1 heterocycles. The highest BCUT2D eigenvalue weighted by atomic mass is 19.1. The smallest absolute Gasteiger partial charge is 0.225 e. The van der Waals surface area contributed by atoms with Gasteiger partial charge in [0, 0.05) is 25.1 Å². The van der Waals surface area contributed by atoms with Crippen molar-refractivity contribution in [2.75, 3.05) is 6.54 Å². The summed E-state index contributed by atoms with van der Waals surface area (Å²) in [5.41, 5.74) is 2.61. The number of hydrogen-bond acceptors (Lipinski definition) is 3. The molecule has 1 aliphatic rings. The maximum absolute atomic E-state index is 13.3. The molecular formula is C24H26FN3O2. The van der Waals surface area contributed by atoms with Crippen molar-refractivity contribution in [3.8, 4) is 22.9 Å². The van der Waals surface area contributed by atoms with Gasteiger partial charge in [-0.3, -0.25) is 4.79 Å². The number of rotatable bonds is 8. The van der Waals surface area contributed by atoms with Crippen LogP contribution >= 0.6 is 0 Å². The number of aromatic nitrogens is 2. The van der Waals surface area contributed by atoms with Gasteiger partial charge in [0.05, 0.1) is 12.1 Å². The molecule has 0 saturated heterocycles. The molecule has 0 aliphatic heterocycles. The lowest BCUT2D eigenvalue weighted by molar-refractivity contribution is -0.133. The normalized spacial score (nSPS) is 13.3. The predicted molar refractivity (Wildman–Crippen MR) is 114 cm³/mol. The third-order valence-electron chi connectivity index (χ3n) is 5.24. The zero-order valence-corrected chi connectivity index (χ0v) is 17.3. The van der Waals surface area contributed by atoms with Crippen LogP contribution in [0.2, 0.25) is 0 Å². The van der Waals surface area contributed by atoms with Gasteiger partial charge in [0.15, 0.2) is 0 Å². The highest BCUT2D eigenvalue weighted by molar-refractivity contribution is 5.81. The summed E-state index contributed by atoms with van der Waals surface area (Å²) in [7, 11) is 1.82. The summed E-state index contributed by atoms with van der Waals surface area (Å²) in [6.07, 6.45) is 2.82. The number of ether oxygens (including phenoxy) is 1. The fourth-order valence-corrected chi connectivity index (χ4v) is 3.58. The van der Waals surface area contributed by atoms with E-state index >= 15 is 0 Å². The summed E-state index contributed by atoms with van der Waals surface area (Å²) < 4.78 is 21.1. The molecule has 3 aromatic rings. The monoisotopic (exact) mass is 407 g/mol. The van der Waals surface area contributed by atoms with Crippen LogP contribution in [-0.2, 0) is 18.4 Å². The molecule has 6 heteroatoms. The van der Waals surface area contributed by atoms with E-state index in [-0.39, 0.29) is 17.6 Å². The molecule has 4 rings (SSSR count). The molecule has 1 amide bonds. The lowest BCUT2D eigenvalue weighted by Crippen LogP contribution is -2.32. The van der Waals surface area contributed by atoms with Crippen molar-refractivity contribution in [3.63, 3.8) is 0 Å². The van der Waals surface area contributed by atoms with E-state index in [2.05, 4.69) is 6.92 Å². The second kappa shape index (κ2) is 8.69. The Morgan fingerprint density at radius 2 is 1.87 bits per heavy atom. The zero-order chi connectivity index (χ0) is 21.1. The number of hydrogen-bond donors (Lipinski definition) is 0. The van der Waals surface area contributed by atoms with E-state index < -0.39 is 0 Å². The number of carbonyl (C=O) groups excluding carboxylic acids is 1. The van der Waals surface area contributed by atoms with Crippen molar-refractivity contribution in [1.82, 2.24) is 14.7 Å². The second-order valence-electron chi connectivity index (χ2n) is 7.71. The van der Waals surface area contributed by atoms with Crippen LogP contribution in [0.25, 0.3) is 11.3 Å². The lowest BCUT2D eigenvalue weighted by Gasteiger charge is -2.23. The number of benzene rings is 2. The van der Waals surface area contributed by atoms with Crippen LogP contribution in [-0.4, -0.2) is 27.1 Å². The molecule has 5 nitrogen and oxygen atoms in total. The van der Waals surface area contributed by atoms with Gasteiger partial charge in [0.25, 0.3) is 0 Å². The van der Waals surface area contributed by atoms with Crippen molar-refractivity contribution in [2.45, 2.75) is 32.7 Å². The van der Waals surface area contributed by atoms with E-state index in [4.69, 9.17) is 9.84 Å². The van der Waals surface area contributed by atoms with Crippen molar-refractivity contribution < 1.29 is 13.9 Å². The molecule has 2 aromatic carbocycles. The number of amides is 1. The van der Waals surface area contributed by atoms with Gasteiger partial charge in [-0.1, -0.05) is 37.3 Å². The lowest BCUT2D eigenvalue weighted by atomic mass is 10.1. The quantitative estimate of drug-likeness (QED) is 0.518. The van der Waals surface area contributed by atoms with Crippen LogP contribution < -0.4 is 4.74 Å².